The SMILES string of the molecule is Cc1ccc(-c2coc3cc(OP(=O)(O)O)cc(O)c3c2=O)cc1. The van der Waals surface area contributed by atoms with Gasteiger partial charge in [-0.3, -0.25) is 14.6 Å². The summed E-state index contributed by atoms with van der Waals surface area (Å²) in [7, 11) is -4.79. The molecule has 2 aromatic carbocycles. The molecule has 1 heterocycles. The number of aromatic hydroxyl groups is 1. The first-order valence-electron chi connectivity index (χ1n) is 6.85. The van der Waals surface area contributed by atoms with Crippen LogP contribution in [0.3, 0.4) is 0 Å². The zero-order chi connectivity index (χ0) is 17.5. The van der Waals surface area contributed by atoms with E-state index in [4.69, 9.17) is 14.2 Å². The van der Waals surface area contributed by atoms with Gasteiger partial charge in [0.05, 0.1) is 5.56 Å². The average Bonchev–Trinajstić information content (AvgIpc) is 2.46. The van der Waals surface area contributed by atoms with Crippen molar-refractivity contribution in [2.75, 3.05) is 0 Å². The molecule has 0 bridgehead atoms. The van der Waals surface area contributed by atoms with E-state index in [2.05, 4.69) is 4.52 Å². The summed E-state index contributed by atoms with van der Waals surface area (Å²) in [5, 5.41) is 9.96. The smallest absolute Gasteiger partial charge is 0.507 e. The number of hydrogen-bond acceptors (Lipinski definition) is 5. The second-order valence-corrected chi connectivity index (χ2v) is 6.41. The summed E-state index contributed by atoms with van der Waals surface area (Å²) in [5.74, 6) is -0.793. The molecular formula is C16H13O7P. The van der Waals surface area contributed by atoms with Crippen LogP contribution in [0.2, 0.25) is 0 Å². The van der Waals surface area contributed by atoms with E-state index in [0.29, 0.717) is 5.56 Å². The van der Waals surface area contributed by atoms with E-state index < -0.39 is 19.0 Å². The van der Waals surface area contributed by atoms with Crippen molar-refractivity contribution in [3.63, 3.8) is 0 Å². The van der Waals surface area contributed by atoms with Gasteiger partial charge in [-0.2, -0.15) is 0 Å². The molecule has 1 aromatic heterocycles. The van der Waals surface area contributed by atoms with Gasteiger partial charge in [-0.15, -0.1) is 0 Å². The van der Waals surface area contributed by atoms with Gasteiger partial charge in [-0.1, -0.05) is 29.8 Å². The maximum absolute atomic E-state index is 12.6. The maximum Gasteiger partial charge on any atom is 0.524 e. The van der Waals surface area contributed by atoms with Crippen LogP contribution in [0.5, 0.6) is 11.5 Å². The van der Waals surface area contributed by atoms with Crippen LogP contribution in [0, 0.1) is 6.92 Å². The summed E-state index contributed by atoms with van der Waals surface area (Å²) >= 11 is 0. The molecule has 0 fully saturated rings. The van der Waals surface area contributed by atoms with Crippen molar-refractivity contribution >= 4 is 18.8 Å². The number of phenolic OH excluding ortho intramolecular Hbond substituents is 1. The summed E-state index contributed by atoms with van der Waals surface area (Å²) in [6, 6.07) is 9.29. The molecule has 0 unspecified atom stereocenters. The first-order chi connectivity index (χ1) is 11.2. The Hall–Kier alpha value is -2.60. The van der Waals surface area contributed by atoms with Gasteiger partial charge in [0.25, 0.3) is 0 Å². The summed E-state index contributed by atoms with van der Waals surface area (Å²) in [6.45, 7) is 1.92. The molecule has 124 valence electrons. The van der Waals surface area contributed by atoms with Crippen molar-refractivity contribution in [3.05, 3.63) is 58.4 Å². The minimum atomic E-state index is -4.79. The highest BCUT2D eigenvalue weighted by Crippen LogP contribution is 2.40. The zero-order valence-electron chi connectivity index (χ0n) is 12.5. The molecule has 0 radical (unpaired) electrons. The third kappa shape index (κ3) is 3.19. The predicted molar refractivity (Wildman–Crippen MR) is 87.0 cm³/mol. The Morgan fingerprint density at radius 3 is 2.42 bits per heavy atom. The highest BCUT2D eigenvalue weighted by atomic mass is 31.2. The fraction of sp³-hybridized carbons (Fsp3) is 0.0625. The summed E-state index contributed by atoms with van der Waals surface area (Å²) in [6.07, 6.45) is 1.23. The first kappa shape index (κ1) is 16.3. The van der Waals surface area contributed by atoms with Crippen molar-refractivity contribution in [2.24, 2.45) is 0 Å². The second-order valence-electron chi connectivity index (χ2n) is 5.24. The van der Waals surface area contributed by atoms with Gasteiger partial charge >= 0.3 is 7.82 Å². The van der Waals surface area contributed by atoms with Crippen LogP contribution in [-0.4, -0.2) is 14.9 Å². The van der Waals surface area contributed by atoms with E-state index in [0.717, 1.165) is 17.7 Å². The highest BCUT2D eigenvalue weighted by molar-refractivity contribution is 7.46. The van der Waals surface area contributed by atoms with Crippen LogP contribution >= 0.6 is 7.82 Å². The molecule has 0 saturated heterocycles. The molecule has 0 aliphatic heterocycles. The van der Waals surface area contributed by atoms with Crippen molar-refractivity contribution < 1.29 is 28.4 Å². The molecule has 0 aliphatic rings. The van der Waals surface area contributed by atoms with Crippen molar-refractivity contribution in [3.8, 4) is 22.6 Å². The van der Waals surface area contributed by atoms with E-state index >= 15 is 0 Å². The number of phosphoric acid groups is 1. The Kier molecular flexibility index (Phi) is 3.93. The summed E-state index contributed by atoms with van der Waals surface area (Å²) in [5.41, 5.74) is 1.43. The Morgan fingerprint density at radius 1 is 1.12 bits per heavy atom. The van der Waals surface area contributed by atoms with Crippen molar-refractivity contribution in [1.82, 2.24) is 0 Å². The van der Waals surface area contributed by atoms with E-state index in [1.54, 1.807) is 12.1 Å². The van der Waals surface area contributed by atoms with Gasteiger partial charge in [-0.25, -0.2) is 4.57 Å². The Morgan fingerprint density at radius 2 is 1.79 bits per heavy atom. The number of hydrogen-bond donors (Lipinski definition) is 3. The molecule has 0 amide bonds. The quantitative estimate of drug-likeness (QED) is 0.623. The average molecular weight is 348 g/mol. The minimum Gasteiger partial charge on any atom is -0.507 e. The fourth-order valence-electron chi connectivity index (χ4n) is 2.33. The number of rotatable bonds is 3. The fourth-order valence-corrected chi connectivity index (χ4v) is 2.71. The number of aryl methyl sites for hydroxylation is 1. The highest BCUT2D eigenvalue weighted by Gasteiger charge is 2.19. The lowest BCUT2D eigenvalue weighted by atomic mass is 10.0. The molecule has 3 aromatic rings. The Bertz CT molecular complexity index is 1020. The van der Waals surface area contributed by atoms with E-state index in [-0.39, 0.29) is 22.3 Å². The number of benzene rings is 2. The van der Waals surface area contributed by atoms with Crippen LogP contribution in [0.1, 0.15) is 5.56 Å². The summed E-state index contributed by atoms with van der Waals surface area (Å²) in [4.78, 5) is 30.3. The van der Waals surface area contributed by atoms with Crippen molar-refractivity contribution in [2.45, 2.75) is 6.92 Å². The van der Waals surface area contributed by atoms with Crippen molar-refractivity contribution in [1.29, 1.82) is 0 Å². The van der Waals surface area contributed by atoms with Gasteiger partial charge in [0.1, 0.15) is 28.7 Å². The normalized spacial score (nSPS) is 11.6. The van der Waals surface area contributed by atoms with Gasteiger partial charge in [0.2, 0.25) is 5.43 Å². The first-order valence-corrected chi connectivity index (χ1v) is 8.38. The van der Waals surface area contributed by atoms with Gasteiger partial charge < -0.3 is 14.0 Å². The molecule has 0 spiro atoms. The second kappa shape index (κ2) is 5.79. The monoisotopic (exact) mass is 348 g/mol. The van der Waals surface area contributed by atoms with E-state index in [1.807, 2.05) is 19.1 Å². The van der Waals surface area contributed by atoms with Gasteiger partial charge in [0, 0.05) is 12.1 Å². The van der Waals surface area contributed by atoms with E-state index in [9.17, 15) is 14.5 Å². The molecule has 0 atom stereocenters. The molecule has 3 rings (SSSR count). The third-order valence-corrected chi connectivity index (χ3v) is 3.87. The summed E-state index contributed by atoms with van der Waals surface area (Å²) < 4.78 is 20.6. The molecule has 0 saturated carbocycles. The molecular weight excluding hydrogens is 335 g/mol. The van der Waals surface area contributed by atoms with Crippen LogP contribution in [-0.2, 0) is 4.57 Å². The maximum atomic E-state index is 12.6. The number of fused-ring (bicyclic) bond motifs is 1. The molecule has 3 N–H and O–H groups in total. The lowest BCUT2D eigenvalue weighted by Gasteiger charge is -2.09. The minimum absolute atomic E-state index is 0.0423. The predicted octanol–water partition coefficient (Wildman–Crippen LogP) is 2.95. The van der Waals surface area contributed by atoms with Gasteiger partial charge in [-0.05, 0) is 12.5 Å². The molecule has 24 heavy (non-hydrogen) atoms. The Labute approximate surface area is 136 Å². The van der Waals surface area contributed by atoms with Crippen LogP contribution < -0.4 is 9.95 Å². The van der Waals surface area contributed by atoms with Crippen LogP contribution in [0.4, 0.5) is 0 Å². The molecule has 7 nitrogen and oxygen atoms in total. The number of phosphoric ester groups is 1. The number of phenols is 1. The lowest BCUT2D eigenvalue weighted by molar-refractivity contribution is 0.283. The molecule has 0 aliphatic carbocycles. The van der Waals surface area contributed by atoms with Crippen LogP contribution in [0.25, 0.3) is 22.1 Å². The standard InChI is InChI=1S/C16H13O7P/c1-9-2-4-10(5-3-9)12-8-22-14-7-11(23-24(19,20)21)6-13(17)15(14)16(12)18/h2-8,17H,1H3,(H2,19,20,21). The zero-order valence-corrected chi connectivity index (χ0v) is 13.4. The van der Waals surface area contributed by atoms with E-state index in [1.165, 1.54) is 6.26 Å². The third-order valence-electron chi connectivity index (χ3n) is 3.42. The molecule has 8 heteroatoms. The largest absolute Gasteiger partial charge is 0.524 e. The topological polar surface area (TPSA) is 117 Å². The van der Waals surface area contributed by atoms with Gasteiger partial charge in [0.15, 0.2) is 0 Å². The Balaban J connectivity index is 2.18. The lowest BCUT2D eigenvalue weighted by Crippen LogP contribution is -2.05. The van der Waals surface area contributed by atoms with Crippen LogP contribution in [0.15, 0.2) is 51.9 Å².